The van der Waals surface area contributed by atoms with Gasteiger partial charge in [0.05, 0.1) is 11.4 Å². The number of rotatable bonds is 5. The minimum atomic E-state index is -0.154. The molecule has 2 aromatic carbocycles. The number of benzene rings is 2. The van der Waals surface area contributed by atoms with Crippen molar-refractivity contribution >= 4 is 28.1 Å². The van der Waals surface area contributed by atoms with Crippen molar-refractivity contribution in [1.29, 1.82) is 0 Å². The number of hydrogen-bond donors (Lipinski definition) is 1. The molecule has 0 bridgehead atoms. The van der Waals surface area contributed by atoms with Gasteiger partial charge < -0.3 is 19.0 Å². The van der Waals surface area contributed by atoms with Crippen LogP contribution >= 0.6 is 0 Å². The zero-order valence-electron chi connectivity index (χ0n) is 17.4. The van der Waals surface area contributed by atoms with Crippen molar-refractivity contribution in [2.75, 3.05) is 5.32 Å². The second kappa shape index (κ2) is 7.65. The number of aryl methyl sites for hydroxylation is 2. The molecule has 0 spiro atoms. The van der Waals surface area contributed by atoms with Gasteiger partial charge in [-0.3, -0.25) is 4.79 Å². The van der Waals surface area contributed by atoms with Crippen molar-refractivity contribution in [2.45, 2.75) is 13.5 Å². The zero-order valence-corrected chi connectivity index (χ0v) is 17.4. The Morgan fingerprint density at radius 3 is 2.71 bits per heavy atom. The molecule has 5 aromatic rings. The standard InChI is InChI=1S/C25H22N4O2/c1-17-6-11-24-26-19(15-29(24)14-17)16-31-20-9-7-18(8-10-20)25(30)27-22-4-3-5-23-21(22)12-13-28(23)2/h3-15H,16H2,1-2H3,(H,27,30). The highest BCUT2D eigenvalue weighted by atomic mass is 16.5. The molecule has 0 saturated heterocycles. The molecule has 3 aromatic heterocycles. The Bertz CT molecular complexity index is 1400. The molecule has 0 atom stereocenters. The molecule has 0 aliphatic rings. The number of carbonyl (C=O) groups is 1. The Morgan fingerprint density at radius 2 is 1.87 bits per heavy atom. The van der Waals surface area contributed by atoms with Gasteiger partial charge in [0.1, 0.15) is 18.0 Å². The Labute approximate surface area is 179 Å². The van der Waals surface area contributed by atoms with Crippen molar-refractivity contribution in [3.8, 4) is 5.75 Å². The number of nitrogens with one attached hydrogen (secondary N) is 1. The van der Waals surface area contributed by atoms with Crippen LogP contribution in [0.1, 0.15) is 21.6 Å². The summed E-state index contributed by atoms with van der Waals surface area (Å²) in [6.45, 7) is 2.41. The van der Waals surface area contributed by atoms with E-state index in [4.69, 9.17) is 4.74 Å². The first kappa shape index (κ1) is 18.9. The molecule has 6 heteroatoms. The van der Waals surface area contributed by atoms with Crippen LogP contribution in [0.25, 0.3) is 16.6 Å². The molecule has 0 aliphatic carbocycles. The number of anilines is 1. The van der Waals surface area contributed by atoms with E-state index in [0.717, 1.165) is 27.9 Å². The number of carbonyl (C=O) groups excluding carboxylic acids is 1. The summed E-state index contributed by atoms with van der Waals surface area (Å²) in [6.07, 6.45) is 5.99. The quantitative estimate of drug-likeness (QED) is 0.445. The van der Waals surface area contributed by atoms with E-state index in [1.54, 1.807) is 24.3 Å². The number of imidazole rings is 1. The van der Waals surface area contributed by atoms with Gasteiger partial charge in [0.2, 0.25) is 0 Å². The van der Waals surface area contributed by atoms with Gasteiger partial charge >= 0.3 is 0 Å². The van der Waals surface area contributed by atoms with E-state index >= 15 is 0 Å². The van der Waals surface area contributed by atoms with Crippen LogP contribution < -0.4 is 10.1 Å². The fourth-order valence-corrected chi connectivity index (χ4v) is 3.69. The van der Waals surface area contributed by atoms with Crippen LogP contribution in [0.5, 0.6) is 5.75 Å². The lowest BCUT2D eigenvalue weighted by molar-refractivity contribution is 0.102. The Morgan fingerprint density at radius 1 is 1.03 bits per heavy atom. The summed E-state index contributed by atoms with van der Waals surface area (Å²) in [6, 6.07) is 19.0. The average Bonchev–Trinajstić information content (AvgIpc) is 3.36. The molecule has 31 heavy (non-hydrogen) atoms. The van der Waals surface area contributed by atoms with Crippen LogP contribution in [0.15, 0.2) is 79.3 Å². The molecule has 0 fully saturated rings. The summed E-state index contributed by atoms with van der Waals surface area (Å²) >= 11 is 0. The maximum absolute atomic E-state index is 12.7. The van der Waals surface area contributed by atoms with Gasteiger partial charge in [-0.15, -0.1) is 0 Å². The third-order valence-electron chi connectivity index (χ3n) is 5.33. The monoisotopic (exact) mass is 410 g/mol. The first-order valence-electron chi connectivity index (χ1n) is 10.1. The number of fused-ring (bicyclic) bond motifs is 2. The number of nitrogens with zero attached hydrogens (tertiary/aromatic N) is 3. The first-order valence-corrected chi connectivity index (χ1v) is 10.1. The molecule has 5 rings (SSSR count). The summed E-state index contributed by atoms with van der Waals surface area (Å²) in [4.78, 5) is 17.3. The molecule has 1 N–H and O–H groups in total. The lowest BCUT2D eigenvalue weighted by Gasteiger charge is -2.08. The van der Waals surface area contributed by atoms with Crippen molar-refractivity contribution in [2.24, 2.45) is 7.05 Å². The molecule has 0 saturated carbocycles. The van der Waals surface area contributed by atoms with E-state index in [-0.39, 0.29) is 5.91 Å². The second-order valence-corrected chi connectivity index (χ2v) is 7.64. The molecule has 0 radical (unpaired) electrons. The number of ether oxygens (including phenoxy) is 1. The van der Waals surface area contributed by atoms with E-state index < -0.39 is 0 Å². The minimum absolute atomic E-state index is 0.154. The SMILES string of the molecule is Cc1ccc2nc(COc3ccc(C(=O)Nc4cccc5c4ccn5C)cc3)cn2c1. The largest absolute Gasteiger partial charge is 0.487 e. The molecule has 6 nitrogen and oxygen atoms in total. The first-order chi connectivity index (χ1) is 15.1. The Hall–Kier alpha value is -4.06. The smallest absolute Gasteiger partial charge is 0.255 e. The average molecular weight is 410 g/mol. The molecule has 1 amide bonds. The maximum atomic E-state index is 12.7. The fourth-order valence-electron chi connectivity index (χ4n) is 3.69. The van der Waals surface area contributed by atoms with E-state index in [9.17, 15) is 4.79 Å². The van der Waals surface area contributed by atoms with Crippen LogP contribution in [-0.4, -0.2) is 19.9 Å². The summed E-state index contributed by atoms with van der Waals surface area (Å²) in [5.41, 5.74) is 5.36. The van der Waals surface area contributed by atoms with Gasteiger partial charge in [0, 0.05) is 42.1 Å². The van der Waals surface area contributed by atoms with Crippen molar-refractivity contribution in [1.82, 2.24) is 14.0 Å². The normalized spacial score (nSPS) is 11.2. The molecular weight excluding hydrogens is 388 g/mol. The van der Waals surface area contributed by atoms with Crippen molar-refractivity contribution in [3.05, 3.63) is 96.1 Å². The minimum Gasteiger partial charge on any atom is -0.487 e. The third-order valence-corrected chi connectivity index (χ3v) is 5.33. The number of pyridine rings is 1. The molecule has 0 aliphatic heterocycles. The van der Waals surface area contributed by atoms with E-state index in [2.05, 4.69) is 10.3 Å². The summed E-state index contributed by atoms with van der Waals surface area (Å²) in [5, 5.41) is 4.02. The van der Waals surface area contributed by atoms with Crippen LogP contribution in [-0.2, 0) is 13.7 Å². The predicted octanol–water partition coefficient (Wildman–Crippen LogP) is 4.97. The summed E-state index contributed by atoms with van der Waals surface area (Å²) in [7, 11) is 1.99. The van der Waals surface area contributed by atoms with Gasteiger partial charge in [-0.25, -0.2) is 4.98 Å². The molecule has 3 heterocycles. The highest BCUT2D eigenvalue weighted by Gasteiger charge is 2.10. The lowest BCUT2D eigenvalue weighted by Crippen LogP contribution is -2.12. The van der Waals surface area contributed by atoms with Gasteiger partial charge in [-0.05, 0) is 61.0 Å². The van der Waals surface area contributed by atoms with Crippen molar-refractivity contribution in [3.63, 3.8) is 0 Å². The summed E-state index contributed by atoms with van der Waals surface area (Å²) in [5.74, 6) is 0.536. The topological polar surface area (TPSA) is 60.6 Å². The maximum Gasteiger partial charge on any atom is 0.255 e. The fraction of sp³-hybridized carbons (Fsp3) is 0.120. The Kier molecular flexibility index (Phi) is 4.67. The van der Waals surface area contributed by atoms with Gasteiger partial charge in [-0.1, -0.05) is 12.1 Å². The van der Waals surface area contributed by atoms with Gasteiger partial charge in [0.25, 0.3) is 5.91 Å². The number of aromatic nitrogens is 3. The highest BCUT2D eigenvalue weighted by Crippen LogP contribution is 2.24. The van der Waals surface area contributed by atoms with E-state index in [1.807, 2.05) is 77.9 Å². The highest BCUT2D eigenvalue weighted by molar-refractivity contribution is 6.08. The number of amides is 1. The molecule has 154 valence electrons. The van der Waals surface area contributed by atoms with Crippen LogP contribution in [0.2, 0.25) is 0 Å². The van der Waals surface area contributed by atoms with Crippen LogP contribution in [0.3, 0.4) is 0 Å². The van der Waals surface area contributed by atoms with E-state index in [0.29, 0.717) is 17.9 Å². The molecular formula is C25H22N4O2. The predicted molar refractivity (Wildman–Crippen MR) is 122 cm³/mol. The Balaban J connectivity index is 1.26. The molecule has 0 unspecified atom stereocenters. The lowest BCUT2D eigenvalue weighted by atomic mass is 10.1. The van der Waals surface area contributed by atoms with Gasteiger partial charge in [-0.2, -0.15) is 0 Å². The van der Waals surface area contributed by atoms with Gasteiger partial charge in [0.15, 0.2) is 0 Å². The summed E-state index contributed by atoms with van der Waals surface area (Å²) < 4.78 is 9.88. The second-order valence-electron chi connectivity index (χ2n) is 7.64. The number of hydrogen-bond acceptors (Lipinski definition) is 3. The van der Waals surface area contributed by atoms with Crippen LogP contribution in [0, 0.1) is 6.92 Å². The van der Waals surface area contributed by atoms with Crippen molar-refractivity contribution < 1.29 is 9.53 Å². The van der Waals surface area contributed by atoms with Crippen LogP contribution in [0.4, 0.5) is 5.69 Å². The van der Waals surface area contributed by atoms with E-state index in [1.165, 1.54) is 5.56 Å². The third kappa shape index (κ3) is 3.75. The zero-order chi connectivity index (χ0) is 21.4.